The highest BCUT2D eigenvalue weighted by Crippen LogP contribution is 2.44. The van der Waals surface area contributed by atoms with Crippen molar-refractivity contribution in [1.82, 2.24) is 10.2 Å². The van der Waals surface area contributed by atoms with Gasteiger partial charge in [-0.2, -0.15) is 10.4 Å². The molecule has 1 heterocycles. The van der Waals surface area contributed by atoms with E-state index in [0.717, 1.165) is 22.7 Å². The Bertz CT molecular complexity index is 635. The Labute approximate surface area is 112 Å². The van der Waals surface area contributed by atoms with Crippen LogP contribution in [-0.2, 0) is 6.61 Å². The van der Waals surface area contributed by atoms with Crippen molar-refractivity contribution in [3.05, 3.63) is 46.8 Å². The summed E-state index contributed by atoms with van der Waals surface area (Å²) in [5.41, 5.74) is 3.68. The van der Waals surface area contributed by atoms with Gasteiger partial charge in [0.15, 0.2) is 5.75 Å². The summed E-state index contributed by atoms with van der Waals surface area (Å²) in [5.74, 6) is 1.44. The molecular formula is C15H15N3O. The first kappa shape index (κ1) is 11.8. The van der Waals surface area contributed by atoms with E-state index < -0.39 is 0 Å². The lowest BCUT2D eigenvalue weighted by Crippen LogP contribution is -1.98. The molecule has 0 unspecified atom stereocenters. The molecule has 1 saturated carbocycles. The number of H-pyrrole nitrogens is 1. The molecule has 0 aliphatic heterocycles. The van der Waals surface area contributed by atoms with Crippen LogP contribution < -0.4 is 4.74 Å². The van der Waals surface area contributed by atoms with Crippen LogP contribution in [0.25, 0.3) is 0 Å². The van der Waals surface area contributed by atoms with Gasteiger partial charge in [0, 0.05) is 5.92 Å². The fourth-order valence-corrected chi connectivity index (χ4v) is 2.14. The van der Waals surface area contributed by atoms with Crippen LogP contribution in [0.1, 0.15) is 41.3 Å². The molecule has 0 saturated heterocycles. The molecule has 1 aliphatic rings. The zero-order valence-corrected chi connectivity index (χ0v) is 10.8. The maximum Gasteiger partial charge on any atom is 0.163 e. The number of aromatic nitrogens is 2. The third kappa shape index (κ3) is 2.45. The Morgan fingerprint density at radius 2 is 2.32 bits per heavy atom. The molecule has 0 bridgehead atoms. The minimum absolute atomic E-state index is 0.468. The van der Waals surface area contributed by atoms with E-state index in [4.69, 9.17) is 10.00 Å². The number of aromatic amines is 1. The topological polar surface area (TPSA) is 61.7 Å². The van der Waals surface area contributed by atoms with Crippen molar-refractivity contribution in [1.29, 1.82) is 5.26 Å². The second-order valence-electron chi connectivity index (χ2n) is 4.94. The van der Waals surface area contributed by atoms with Crippen LogP contribution in [-0.4, -0.2) is 10.2 Å². The Morgan fingerprint density at radius 3 is 3.05 bits per heavy atom. The van der Waals surface area contributed by atoms with Crippen LogP contribution in [0.4, 0.5) is 0 Å². The number of rotatable bonds is 4. The first-order valence-electron chi connectivity index (χ1n) is 6.44. The largest absolute Gasteiger partial charge is 0.485 e. The molecule has 0 radical (unpaired) electrons. The van der Waals surface area contributed by atoms with E-state index in [0.29, 0.717) is 18.1 Å². The standard InChI is InChI=1S/C15H15N3O/c1-10-15(14(18-17-10)13-5-6-13)19-9-12-4-2-3-11(7-12)8-16/h2-4,7,13H,5-6,9H2,1H3,(H,17,18). The number of hydrogen-bond acceptors (Lipinski definition) is 3. The molecule has 19 heavy (non-hydrogen) atoms. The molecule has 1 aromatic carbocycles. The predicted molar refractivity (Wildman–Crippen MR) is 70.8 cm³/mol. The van der Waals surface area contributed by atoms with Gasteiger partial charge < -0.3 is 4.74 Å². The monoisotopic (exact) mass is 253 g/mol. The molecule has 1 aliphatic carbocycles. The highest BCUT2D eigenvalue weighted by molar-refractivity contribution is 5.37. The van der Waals surface area contributed by atoms with Crippen molar-refractivity contribution in [2.24, 2.45) is 0 Å². The van der Waals surface area contributed by atoms with Crippen LogP contribution in [0, 0.1) is 18.3 Å². The number of ether oxygens (including phenoxy) is 1. The molecule has 96 valence electrons. The third-order valence-corrected chi connectivity index (χ3v) is 3.32. The van der Waals surface area contributed by atoms with Crippen molar-refractivity contribution in [2.75, 3.05) is 0 Å². The summed E-state index contributed by atoms with van der Waals surface area (Å²) in [4.78, 5) is 0. The summed E-state index contributed by atoms with van der Waals surface area (Å²) < 4.78 is 5.89. The highest BCUT2D eigenvalue weighted by Gasteiger charge is 2.30. The van der Waals surface area contributed by atoms with E-state index in [1.807, 2.05) is 25.1 Å². The Morgan fingerprint density at radius 1 is 1.47 bits per heavy atom. The summed E-state index contributed by atoms with van der Waals surface area (Å²) in [6.45, 7) is 2.44. The maximum atomic E-state index is 8.88. The van der Waals surface area contributed by atoms with Crippen molar-refractivity contribution >= 4 is 0 Å². The lowest BCUT2D eigenvalue weighted by molar-refractivity contribution is 0.301. The second-order valence-corrected chi connectivity index (χ2v) is 4.94. The molecule has 0 atom stereocenters. The molecule has 4 nitrogen and oxygen atoms in total. The molecule has 0 spiro atoms. The van der Waals surface area contributed by atoms with E-state index in [-0.39, 0.29) is 0 Å². The number of nitrogens with one attached hydrogen (secondary N) is 1. The fraction of sp³-hybridized carbons (Fsp3) is 0.333. The van der Waals surface area contributed by atoms with Gasteiger partial charge in [-0.05, 0) is 37.5 Å². The number of nitriles is 1. The zero-order valence-electron chi connectivity index (χ0n) is 10.8. The first-order valence-corrected chi connectivity index (χ1v) is 6.44. The van der Waals surface area contributed by atoms with Gasteiger partial charge >= 0.3 is 0 Å². The second kappa shape index (κ2) is 4.77. The summed E-state index contributed by atoms with van der Waals surface area (Å²) >= 11 is 0. The lowest BCUT2D eigenvalue weighted by atomic mass is 10.1. The van der Waals surface area contributed by atoms with Crippen molar-refractivity contribution in [3.8, 4) is 11.8 Å². The number of nitrogens with zero attached hydrogens (tertiary/aromatic N) is 2. The summed E-state index contributed by atoms with van der Waals surface area (Å²) in [7, 11) is 0. The molecule has 1 aromatic heterocycles. The fourth-order valence-electron chi connectivity index (χ4n) is 2.14. The minimum atomic E-state index is 0.468. The minimum Gasteiger partial charge on any atom is -0.485 e. The number of aryl methyl sites for hydroxylation is 1. The SMILES string of the molecule is Cc1[nH]nc(C2CC2)c1OCc1cccc(C#N)c1. The van der Waals surface area contributed by atoms with Crippen LogP contribution in [0.15, 0.2) is 24.3 Å². The smallest absolute Gasteiger partial charge is 0.163 e. The summed E-state index contributed by atoms with van der Waals surface area (Å²) in [6, 6.07) is 9.63. The van der Waals surface area contributed by atoms with Gasteiger partial charge in [-0.1, -0.05) is 12.1 Å². The quantitative estimate of drug-likeness (QED) is 0.910. The van der Waals surface area contributed by atoms with Gasteiger partial charge in [0.1, 0.15) is 12.3 Å². The Hall–Kier alpha value is -2.28. The van der Waals surface area contributed by atoms with Gasteiger partial charge in [-0.15, -0.1) is 0 Å². The Kier molecular flexibility index (Phi) is 2.96. The van der Waals surface area contributed by atoms with Crippen LogP contribution in [0.2, 0.25) is 0 Å². The van der Waals surface area contributed by atoms with Gasteiger partial charge in [-0.3, -0.25) is 5.10 Å². The summed E-state index contributed by atoms with van der Waals surface area (Å²) in [5, 5.41) is 16.2. The third-order valence-electron chi connectivity index (χ3n) is 3.32. The van der Waals surface area contributed by atoms with Crippen molar-refractivity contribution < 1.29 is 4.74 Å². The number of benzene rings is 1. The normalized spacial score (nSPS) is 14.1. The average Bonchev–Trinajstić information content (AvgIpc) is 3.21. The maximum absolute atomic E-state index is 8.88. The van der Waals surface area contributed by atoms with Crippen molar-refractivity contribution in [2.45, 2.75) is 32.3 Å². The summed E-state index contributed by atoms with van der Waals surface area (Å²) in [6.07, 6.45) is 2.40. The van der Waals surface area contributed by atoms with Crippen LogP contribution in [0.5, 0.6) is 5.75 Å². The lowest BCUT2D eigenvalue weighted by Gasteiger charge is -2.07. The molecule has 1 N–H and O–H groups in total. The molecule has 0 amide bonds. The average molecular weight is 253 g/mol. The van der Waals surface area contributed by atoms with Gasteiger partial charge in [-0.25, -0.2) is 0 Å². The van der Waals surface area contributed by atoms with Gasteiger partial charge in [0.25, 0.3) is 0 Å². The van der Waals surface area contributed by atoms with Crippen LogP contribution in [0.3, 0.4) is 0 Å². The first-order chi connectivity index (χ1) is 9.28. The molecule has 3 rings (SSSR count). The van der Waals surface area contributed by atoms with Gasteiger partial charge in [0.05, 0.1) is 17.3 Å². The zero-order chi connectivity index (χ0) is 13.2. The Balaban J connectivity index is 1.75. The molecule has 1 fully saturated rings. The van der Waals surface area contributed by atoms with Gasteiger partial charge in [0.2, 0.25) is 0 Å². The highest BCUT2D eigenvalue weighted by atomic mass is 16.5. The van der Waals surface area contributed by atoms with Crippen LogP contribution >= 0.6 is 0 Å². The van der Waals surface area contributed by atoms with E-state index in [1.165, 1.54) is 12.8 Å². The van der Waals surface area contributed by atoms with E-state index >= 15 is 0 Å². The number of hydrogen-bond donors (Lipinski definition) is 1. The van der Waals surface area contributed by atoms with Crippen molar-refractivity contribution in [3.63, 3.8) is 0 Å². The molecule has 4 heteroatoms. The predicted octanol–water partition coefficient (Wildman–Crippen LogP) is 3.05. The van der Waals surface area contributed by atoms with E-state index in [1.54, 1.807) is 6.07 Å². The van der Waals surface area contributed by atoms with E-state index in [9.17, 15) is 0 Å². The molecular weight excluding hydrogens is 238 g/mol. The van der Waals surface area contributed by atoms with E-state index in [2.05, 4.69) is 16.3 Å². The molecule has 2 aromatic rings.